The molecule has 4 heteroatoms. The SMILES string of the molecule is SCCC1(SSC2(CCS)CCCCC2)CCCCC1. The van der Waals surface area contributed by atoms with E-state index in [1.54, 1.807) is 0 Å². The number of hydrogen-bond donors (Lipinski definition) is 2. The summed E-state index contributed by atoms with van der Waals surface area (Å²) in [6.45, 7) is 0. The first-order valence-electron chi connectivity index (χ1n) is 8.33. The van der Waals surface area contributed by atoms with E-state index >= 15 is 0 Å². The molecular weight excluding hydrogens is 320 g/mol. The zero-order valence-electron chi connectivity index (χ0n) is 12.6. The van der Waals surface area contributed by atoms with Gasteiger partial charge in [-0.1, -0.05) is 60.1 Å². The van der Waals surface area contributed by atoms with Crippen molar-refractivity contribution >= 4 is 46.8 Å². The number of hydrogen-bond acceptors (Lipinski definition) is 4. The van der Waals surface area contributed by atoms with Crippen molar-refractivity contribution in [3.63, 3.8) is 0 Å². The van der Waals surface area contributed by atoms with Crippen molar-refractivity contribution in [3.8, 4) is 0 Å². The second-order valence-electron chi connectivity index (χ2n) is 6.60. The molecule has 0 nitrogen and oxygen atoms in total. The summed E-state index contributed by atoms with van der Waals surface area (Å²) >= 11 is 9.06. The van der Waals surface area contributed by atoms with Crippen molar-refractivity contribution in [2.24, 2.45) is 0 Å². The summed E-state index contributed by atoms with van der Waals surface area (Å²) in [5, 5.41) is 0. The van der Waals surface area contributed by atoms with Crippen LogP contribution in [0, 0.1) is 0 Å². The van der Waals surface area contributed by atoms with Crippen molar-refractivity contribution in [1.29, 1.82) is 0 Å². The third-order valence-corrected chi connectivity index (χ3v) is 9.89. The molecule has 0 aliphatic heterocycles. The zero-order chi connectivity index (χ0) is 14.3. The predicted octanol–water partition coefficient (Wildman–Crippen LogP) is 6.41. The first kappa shape index (κ1) is 17.7. The van der Waals surface area contributed by atoms with Crippen molar-refractivity contribution in [2.45, 2.75) is 86.5 Å². The largest absolute Gasteiger partial charge is 0.179 e. The van der Waals surface area contributed by atoms with Gasteiger partial charge in [-0.2, -0.15) is 25.3 Å². The Morgan fingerprint density at radius 3 is 1.25 bits per heavy atom. The van der Waals surface area contributed by atoms with Gasteiger partial charge in [-0.05, 0) is 50.0 Å². The lowest BCUT2D eigenvalue weighted by atomic mass is 9.86. The molecule has 0 N–H and O–H groups in total. The third-order valence-electron chi connectivity index (χ3n) is 5.06. The van der Waals surface area contributed by atoms with Gasteiger partial charge in [0.2, 0.25) is 0 Å². The normalized spacial score (nSPS) is 25.5. The predicted molar refractivity (Wildman–Crippen MR) is 104 cm³/mol. The van der Waals surface area contributed by atoms with Gasteiger partial charge in [0.15, 0.2) is 0 Å². The van der Waals surface area contributed by atoms with Crippen LogP contribution in [0.3, 0.4) is 0 Å². The molecule has 2 rings (SSSR count). The van der Waals surface area contributed by atoms with Gasteiger partial charge < -0.3 is 0 Å². The fourth-order valence-electron chi connectivity index (χ4n) is 3.73. The van der Waals surface area contributed by atoms with Gasteiger partial charge in [-0.15, -0.1) is 0 Å². The van der Waals surface area contributed by atoms with Crippen LogP contribution in [-0.2, 0) is 0 Å². The van der Waals surface area contributed by atoms with Crippen LogP contribution in [0.15, 0.2) is 0 Å². The summed E-state index contributed by atoms with van der Waals surface area (Å²) in [6.07, 6.45) is 16.9. The minimum absolute atomic E-state index is 0.533. The molecule has 0 aromatic heterocycles. The van der Waals surface area contributed by atoms with Gasteiger partial charge in [0.1, 0.15) is 0 Å². The quantitative estimate of drug-likeness (QED) is 0.402. The molecule has 0 amide bonds. The molecule has 118 valence electrons. The monoisotopic (exact) mass is 350 g/mol. The van der Waals surface area contributed by atoms with Crippen LogP contribution in [0.2, 0.25) is 0 Å². The lowest BCUT2D eigenvalue weighted by Crippen LogP contribution is -2.32. The Bertz CT molecular complexity index is 229. The average molecular weight is 351 g/mol. The van der Waals surface area contributed by atoms with E-state index in [0.29, 0.717) is 9.49 Å². The Balaban J connectivity index is 1.94. The van der Waals surface area contributed by atoms with Crippen molar-refractivity contribution in [2.75, 3.05) is 11.5 Å². The molecule has 0 aromatic rings. The molecule has 0 heterocycles. The number of rotatable bonds is 7. The zero-order valence-corrected chi connectivity index (χ0v) is 16.0. The molecule has 2 saturated carbocycles. The first-order valence-corrected chi connectivity index (χ1v) is 11.7. The maximum atomic E-state index is 4.53. The molecule has 20 heavy (non-hydrogen) atoms. The van der Waals surface area contributed by atoms with Crippen LogP contribution in [0.25, 0.3) is 0 Å². The van der Waals surface area contributed by atoms with Crippen LogP contribution in [0.5, 0.6) is 0 Å². The average Bonchev–Trinajstić information content (AvgIpc) is 2.48. The Morgan fingerprint density at radius 2 is 0.950 bits per heavy atom. The number of thiol groups is 2. The van der Waals surface area contributed by atoms with Crippen LogP contribution in [0.1, 0.15) is 77.0 Å². The van der Waals surface area contributed by atoms with Crippen molar-refractivity contribution in [3.05, 3.63) is 0 Å². The summed E-state index contributed by atoms with van der Waals surface area (Å²) < 4.78 is 1.07. The summed E-state index contributed by atoms with van der Waals surface area (Å²) in [5.74, 6) is 2.10. The topological polar surface area (TPSA) is 0 Å². The maximum absolute atomic E-state index is 4.53. The molecule has 0 bridgehead atoms. The van der Waals surface area contributed by atoms with E-state index in [1.165, 1.54) is 77.0 Å². The molecule has 2 aliphatic carbocycles. The van der Waals surface area contributed by atoms with E-state index in [9.17, 15) is 0 Å². The van der Waals surface area contributed by atoms with Crippen molar-refractivity contribution < 1.29 is 0 Å². The molecule has 0 saturated heterocycles. The maximum Gasteiger partial charge on any atom is 0.0271 e. The van der Waals surface area contributed by atoms with E-state index in [-0.39, 0.29) is 0 Å². The van der Waals surface area contributed by atoms with Crippen LogP contribution in [-0.4, -0.2) is 21.0 Å². The minimum Gasteiger partial charge on any atom is -0.179 e. The Kier molecular flexibility index (Phi) is 7.88. The van der Waals surface area contributed by atoms with Gasteiger partial charge in [0, 0.05) is 9.49 Å². The molecule has 2 fully saturated rings. The standard InChI is InChI=1S/C16H30S4/c17-13-11-15(7-3-1-4-8-15)19-20-16(12-14-18)9-5-2-6-10-16/h17-18H,1-14H2. The second kappa shape index (κ2) is 8.88. The fourth-order valence-corrected chi connectivity index (χ4v) is 9.08. The van der Waals surface area contributed by atoms with E-state index in [4.69, 9.17) is 0 Å². The summed E-state index contributed by atoms with van der Waals surface area (Å²) in [4.78, 5) is 0. The fraction of sp³-hybridized carbons (Fsp3) is 1.00. The molecule has 0 unspecified atom stereocenters. The van der Waals surface area contributed by atoms with Crippen LogP contribution < -0.4 is 0 Å². The van der Waals surface area contributed by atoms with Gasteiger partial charge in [-0.3, -0.25) is 0 Å². The smallest absolute Gasteiger partial charge is 0.0271 e. The Morgan fingerprint density at radius 1 is 0.600 bits per heavy atom. The summed E-state index contributed by atoms with van der Waals surface area (Å²) in [5.41, 5.74) is 0. The first-order chi connectivity index (χ1) is 9.74. The lowest BCUT2D eigenvalue weighted by Gasteiger charge is -2.42. The third kappa shape index (κ3) is 4.96. The highest BCUT2D eigenvalue weighted by molar-refractivity contribution is 8.77. The molecule has 2 aliphatic rings. The highest BCUT2D eigenvalue weighted by atomic mass is 33.1. The molecular formula is C16H30S4. The van der Waals surface area contributed by atoms with Gasteiger partial charge in [0.05, 0.1) is 0 Å². The molecule has 0 spiro atoms. The van der Waals surface area contributed by atoms with E-state index in [0.717, 1.165) is 11.5 Å². The van der Waals surface area contributed by atoms with Crippen molar-refractivity contribution in [1.82, 2.24) is 0 Å². The minimum atomic E-state index is 0.533. The highest BCUT2D eigenvalue weighted by Crippen LogP contribution is 2.56. The lowest BCUT2D eigenvalue weighted by molar-refractivity contribution is 0.388. The van der Waals surface area contributed by atoms with E-state index in [2.05, 4.69) is 46.8 Å². The second-order valence-corrected chi connectivity index (χ2v) is 10.6. The van der Waals surface area contributed by atoms with Crippen LogP contribution in [0.4, 0.5) is 0 Å². The Hall–Kier alpha value is 1.40. The van der Waals surface area contributed by atoms with E-state index < -0.39 is 0 Å². The summed E-state index contributed by atoms with van der Waals surface area (Å²) in [7, 11) is 4.50. The molecule has 0 aromatic carbocycles. The van der Waals surface area contributed by atoms with E-state index in [1.807, 2.05) is 0 Å². The molecule has 0 atom stereocenters. The van der Waals surface area contributed by atoms with Gasteiger partial charge >= 0.3 is 0 Å². The Labute approximate surface area is 144 Å². The summed E-state index contributed by atoms with van der Waals surface area (Å²) in [6, 6.07) is 0. The highest BCUT2D eigenvalue weighted by Gasteiger charge is 2.38. The van der Waals surface area contributed by atoms with Crippen LogP contribution >= 0.6 is 46.8 Å². The van der Waals surface area contributed by atoms with Gasteiger partial charge in [-0.25, -0.2) is 0 Å². The van der Waals surface area contributed by atoms with Gasteiger partial charge in [0.25, 0.3) is 0 Å². The molecule has 0 radical (unpaired) electrons.